The Hall–Kier alpha value is -2.67. The van der Waals surface area contributed by atoms with Gasteiger partial charge in [-0.2, -0.15) is 5.10 Å². The summed E-state index contributed by atoms with van der Waals surface area (Å²) >= 11 is 0. The van der Waals surface area contributed by atoms with Crippen LogP contribution in [0.15, 0.2) is 36.7 Å². The Kier molecular flexibility index (Phi) is 5.94. The van der Waals surface area contributed by atoms with Crippen molar-refractivity contribution in [2.24, 2.45) is 13.0 Å². The van der Waals surface area contributed by atoms with Gasteiger partial charge in [-0.3, -0.25) is 14.3 Å². The molecule has 1 aliphatic carbocycles. The quantitative estimate of drug-likeness (QED) is 0.726. The Balaban J connectivity index is 1.35. The fourth-order valence-corrected chi connectivity index (χ4v) is 4.39. The molecular weight excluding hydrogens is 366 g/mol. The molecule has 2 amide bonds. The number of amides is 2. The van der Waals surface area contributed by atoms with Gasteiger partial charge in [-0.05, 0) is 42.7 Å². The number of benzene rings is 1. The number of carbonyl (C=O) groups excluding carboxylic acids is 2. The molecule has 1 saturated heterocycles. The van der Waals surface area contributed by atoms with Crippen LogP contribution in [-0.2, 0) is 11.8 Å². The highest BCUT2D eigenvalue weighted by atomic mass is 16.2. The lowest BCUT2D eigenvalue weighted by molar-refractivity contribution is -0.119. The normalized spacial score (nSPS) is 22.4. The van der Waals surface area contributed by atoms with Gasteiger partial charge < -0.3 is 16.0 Å². The molecule has 2 aromatic rings. The van der Waals surface area contributed by atoms with Gasteiger partial charge in [0.2, 0.25) is 5.91 Å². The van der Waals surface area contributed by atoms with Gasteiger partial charge in [0.25, 0.3) is 5.91 Å². The van der Waals surface area contributed by atoms with Gasteiger partial charge >= 0.3 is 0 Å². The first-order valence-corrected chi connectivity index (χ1v) is 10.5. The molecule has 29 heavy (non-hydrogen) atoms. The molecule has 7 nitrogen and oxygen atoms in total. The lowest BCUT2D eigenvalue weighted by Crippen LogP contribution is -2.36. The molecule has 1 saturated carbocycles. The van der Waals surface area contributed by atoms with Crippen molar-refractivity contribution in [3.8, 4) is 0 Å². The molecule has 0 spiro atoms. The van der Waals surface area contributed by atoms with E-state index in [-0.39, 0.29) is 29.7 Å². The highest BCUT2D eigenvalue weighted by Gasteiger charge is 2.34. The van der Waals surface area contributed by atoms with Crippen LogP contribution in [0.1, 0.15) is 53.9 Å². The number of aromatic nitrogens is 2. The average molecular weight is 396 g/mol. The maximum atomic E-state index is 12.8. The summed E-state index contributed by atoms with van der Waals surface area (Å²) in [6, 6.07) is 7.44. The van der Waals surface area contributed by atoms with Crippen LogP contribution in [0.25, 0.3) is 0 Å². The lowest BCUT2D eigenvalue weighted by Gasteiger charge is -2.22. The highest BCUT2D eigenvalue weighted by molar-refractivity contribution is 5.96. The molecule has 1 aliphatic heterocycles. The second-order valence-electron chi connectivity index (χ2n) is 8.19. The summed E-state index contributed by atoms with van der Waals surface area (Å²) in [5, 5.41) is 13.7. The standard InChI is InChI=1S/C22H29N5O2/c1-27-14-16(11-24-27)19-12-23-13-20(19)22(29)26-18-9-7-15(8-10-18)21(28)25-17-5-3-2-4-6-17/h7-11,14,17,19-20,23H,2-6,12-13H2,1H3,(H,25,28)(H,26,29)/t19-,20+/m1/s1. The highest BCUT2D eigenvalue weighted by Crippen LogP contribution is 2.29. The first-order valence-electron chi connectivity index (χ1n) is 10.5. The molecule has 0 bridgehead atoms. The summed E-state index contributed by atoms with van der Waals surface area (Å²) in [5.41, 5.74) is 2.41. The van der Waals surface area contributed by atoms with Crippen molar-refractivity contribution in [1.82, 2.24) is 20.4 Å². The molecular formula is C22H29N5O2. The Morgan fingerprint density at radius 3 is 2.55 bits per heavy atom. The molecule has 3 N–H and O–H groups in total. The van der Waals surface area contributed by atoms with Crippen LogP contribution >= 0.6 is 0 Å². The summed E-state index contributed by atoms with van der Waals surface area (Å²) in [7, 11) is 1.88. The zero-order chi connectivity index (χ0) is 20.2. The van der Waals surface area contributed by atoms with E-state index < -0.39 is 0 Å². The van der Waals surface area contributed by atoms with Gasteiger partial charge in [-0.15, -0.1) is 0 Å². The number of hydrogen-bond acceptors (Lipinski definition) is 4. The van der Waals surface area contributed by atoms with Crippen LogP contribution in [0, 0.1) is 5.92 Å². The van der Waals surface area contributed by atoms with Crippen LogP contribution in [0.2, 0.25) is 0 Å². The molecule has 2 fully saturated rings. The summed E-state index contributed by atoms with van der Waals surface area (Å²) in [6.07, 6.45) is 9.56. The molecule has 2 atom stereocenters. The van der Waals surface area contributed by atoms with Crippen molar-refractivity contribution in [1.29, 1.82) is 0 Å². The van der Waals surface area contributed by atoms with E-state index in [1.807, 2.05) is 19.4 Å². The van der Waals surface area contributed by atoms with E-state index in [9.17, 15) is 9.59 Å². The molecule has 2 heterocycles. The van der Waals surface area contributed by atoms with Crippen molar-refractivity contribution in [2.45, 2.75) is 44.1 Å². The Morgan fingerprint density at radius 1 is 1.10 bits per heavy atom. The fourth-order valence-electron chi connectivity index (χ4n) is 4.39. The number of nitrogens with zero attached hydrogens (tertiary/aromatic N) is 2. The third kappa shape index (κ3) is 4.67. The number of carbonyl (C=O) groups is 2. The largest absolute Gasteiger partial charge is 0.349 e. The first kappa shape index (κ1) is 19.6. The smallest absolute Gasteiger partial charge is 0.251 e. The Labute approximate surface area is 171 Å². The molecule has 0 radical (unpaired) electrons. The number of nitrogens with one attached hydrogen (secondary N) is 3. The van der Waals surface area contributed by atoms with Crippen molar-refractivity contribution >= 4 is 17.5 Å². The molecule has 1 aromatic heterocycles. The molecule has 1 aromatic carbocycles. The van der Waals surface area contributed by atoms with Gasteiger partial charge in [-0.1, -0.05) is 19.3 Å². The van der Waals surface area contributed by atoms with E-state index in [0.29, 0.717) is 17.8 Å². The van der Waals surface area contributed by atoms with Crippen molar-refractivity contribution < 1.29 is 9.59 Å². The number of aryl methyl sites for hydroxylation is 1. The van der Waals surface area contributed by atoms with E-state index in [0.717, 1.165) is 24.9 Å². The minimum absolute atomic E-state index is 0.0109. The number of anilines is 1. The van der Waals surface area contributed by atoms with Crippen LogP contribution in [0.5, 0.6) is 0 Å². The van der Waals surface area contributed by atoms with Crippen LogP contribution in [0.4, 0.5) is 5.69 Å². The minimum Gasteiger partial charge on any atom is -0.349 e. The van der Waals surface area contributed by atoms with E-state index in [1.54, 1.807) is 28.9 Å². The van der Waals surface area contributed by atoms with E-state index in [4.69, 9.17) is 0 Å². The van der Waals surface area contributed by atoms with Crippen LogP contribution < -0.4 is 16.0 Å². The van der Waals surface area contributed by atoms with Crippen LogP contribution in [0.3, 0.4) is 0 Å². The second kappa shape index (κ2) is 8.78. The van der Waals surface area contributed by atoms with E-state index in [2.05, 4.69) is 21.0 Å². The molecule has 4 rings (SSSR count). The van der Waals surface area contributed by atoms with Crippen molar-refractivity contribution in [3.63, 3.8) is 0 Å². The lowest BCUT2D eigenvalue weighted by atomic mass is 9.90. The molecule has 0 unspecified atom stereocenters. The predicted molar refractivity (Wildman–Crippen MR) is 112 cm³/mol. The fraction of sp³-hybridized carbons (Fsp3) is 0.500. The molecule has 7 heteroatoms. The maximum Gasteiger partial charge on any atom is 0.251 e. The van der Waals surface area contributed by atoms with E-state index in [1.165, 1.54) is 19.3 Å². The van der Waals surface area contributed by atoms with Gasteiger partial charge in [-0.25, -0.2) is 0 Å². The third-order valence-corrected chi connectivity index (χ3v) is 6.06. The van der Waals surface area contributed by atoms with Crippen LogP contribution in [-0.4, -0.2) is 40.7 Å². The van der Waals surface area contributed by atoms with Gasteiger partial charge in [0.05, 0.1) is 12.1 Å². The Bertz CT molecular complexity index is 854. The minimum atomic E-state index is -0.145. The monoisotopic (exact) mass is 395 g/mol. The van der Waals surface area contributed by atoms with E-state index >= 15 is 0 Å². The average Bonchev–Trinajstić information content (AvgIpc) is 3.38. The summed E-state index contributed by atoms with van der Waals surface area (Å²) in [5.74, 6) is -0.0765. The van der Waals surface area contributed by atoms with Gasteiger partial charge in [0, 0.05) is 49.5 Å². The predicted octanol–water partition coefficient (Wildman–Crippen LogP) is 2.42. The molecule has 154 valence electrons. The van der Waals surface area contributed by atoms with Crippen molar-refractivity contribution in [3.05, 3.63) is 47.8 Å². The van der Waals surface area contributed by atoms with Gasteiger partial charge in [0.1, 0.15) is 0 Å². The second-order valence-corrected chi connectivity index (χ2v) is 8.19. The van der Waals surface area contributed by atoms with Gasteiger partial charge in [0.15, 0.2) is 0 Å². The maximum absolute atomic E-state index is 12.8. The summed E-state index contributed by atoms with van der Waals surface area (Å²) in [4.78, 5) is 25.3. The molecule has 2 aliphatic rings. The SMILES string of the molecule is Cn1cc([C@H]2CNC[C@@H]2C(=O)Nc2ccc(C(=O)NC3CCCCC3)cc2)cn1. The zero-order valence-corrected chi connectivity index (χ0v) is 16.9. The van der Waals surface area contributed by atoms with Crippen molar-refractivity contribution in [2.75, 3.05) is 18.4 Å². The first-order chi connectivity index (χ1) is 14.1. The topological polar surface area (TPSA) is 88.0 Å². The Morgan fingerprint density at radius 2 is 1.86 bits per heavy atom. The number of hydrogen-bond donors (Lipinski definition) is 3. The zero-order valence-electron chi connectivity index (χ0n) is 16.9. The summed E-state index contributed by atoms with van der Waals surface area (Å²) < 4.78 is 1.76. The summed E-state index contributed by atoms with van der Waals surface area (Å²) in [6.45, 7) is 1.41. The number of rotatable bonds is 5. The third-order valence-electron chi connectivity index (χ3n) is 6.06.